The summed E-state index contributed by atoms with van der Waals surface area (Å²) in [5, 5.41) is 13.2. The Kier molecular flexibility index (Phi) is 4.27. The number of hydrogen-bond acceptors (Lipinski definition) is 3. The first-order valence-electron chi connectivity index (χ1n) is 5.92. The van der Waals surface area contributed by atoms with Crippen molar-refractivity contribution in [2.24, 2.45) is 0 Å². The van der Waals surface area contributed by atoms with Gasteiger partial charge < -0.3 is 10.4 Å². The Morgan fingerprint density at radius 1 is 1.50 bits per heavy atom. The Morgan fingerprint density at radius 2 is 2.31 bits per heavy atom. The Hall–Kier alpha value is -0.510. The minimum atomic E-state index is 0.237. The molecule has 1 aromatic rings. The number of rotatable bonds is 5. The van der Waals surface area contributed by atoms with Crippen LogP contribution in [0.4, 0.5) is 0 Å². The summed E-state index contributed by atoms with van der Waals surface area (Å²) in [5.41, 5.74) is 1.47. The van der Waals surface area contributed by atoms with Crippen molar-refractivity contribution in [2.45, 2.75) is 36.0 Å². The second-order valence-corrected chi connectivity index (χ2v) is 5.59. The quantitative estimate of drug-likeness (QED) is 0.822. The summed E-state index contributed by atoms with van der Waals surface area (Å²) in [5.74, 6) is 0. The predicted molar refractivity (Wildman–Crippen MR) is 69.0 cm³/mol. The van der Waals surface area contributed by atoms with Gasteiger partial charge in [-0.15, -0.1) is 11.8 Å². The van der Waals surface area contributed by atoms with Gasteiger partial charge in [0.2, 0.25) is 0 Å². The van der Waals surface area contributed by atoms with Gasteiger partial charge >= 0.3 is 0 Å². The molecule has 88 valence electrons. The molecule has 2 nitrogen and oxygen atoms in total. The number of nitrogens with one attached hydrogen (secondary N) is 1. The number of hydrogen-bond donors (Lipinski definition) is 2. The fraction of sp³-hybridized carbons (Fsp3) is 0.538. The maximum atomic E-state index is 9.10. The Bertz CT molecular complexity index is 313. The molecule has 3 heteroatoms. The Morgan fingerprint density at radius 3 is 3.00 bits per heavy atom. The molecule has 2 atom stereocenters. The average molecular weight is 237 g/mol. The van der Waals surface area contributed by atoms with E-state index in [4.69, 9.17) is 5.11 Å². The van der Waals surface area contributed by atoms with Crippen LogP contribution in [-0.4, -0.2) is 29.5 Å². The summed E-state index contributed by atoms with van der Waals surface area (Å²) in [7, 11) is 0. The van der Waals surface area contributed by atoms with Crippen molar-refractivity contribution < 1.29 is 5.11 Å². The molecule has 0 saturated heterocycles. The molecule has 0 spiro atoms. The zero-order chi connectivity index (χ0) is 11.4. The SMILES string of the molecule is CCC(CO)NCC1Cc2ccccc2S1. The maximum absolute atomic E-state index is 9.10. The lowest BCUT2D eigenvalue weighted by Gasteiger charge is -2.16. The van der Waals surface area contributed by atoms with Gasteiger partial charge in [0.05, 0.1) is 6.61 Å². The number of aliphatic hydroxyl groups excluding tert-OH is 1. The standard InChI is InChI=1S/C13H19NOS/c1-2-11(9-15)14-8-12-7-10-5-3-4-6-13(10)16-12/h3-6,11-12,14-15H,2,7-9H2,1H3. The average Bonchev–Trinajstić information content (AvgIpc) is 2.73. The molecular weight excluding hydrogens is 218 g/mol. The van der Waals surface area contributed by atoms with Gasteiger partial charge in [-0.1, -0.05) is 25.1 Å². The minimum absolute atomic E-state index is 0.237. The van der Waals surface area contributed by atoms with Gasteiger partial charge in [-0.2, -0.15) is 0 Å². The smallest absolute Gasteiger partial charge is 0.0584 e. The summed E-state index contributed by atoms with van der Waals surface area (Å²) < 4.78 is 0. The van der Waals surface area contributed by atoms with Crippen LogP contribution >= 0.6 is 11.8 Å². The first-order chi connectivity index (χ1) is 7.83. The van der Waals surface area contributed by atoms with Crippen LogP contribution in [0, 0.1) is 0 Å². The monoisotopic (exact) mass is 237 g/mol. The zero-order valence-corrected chi connectivity index (χ0v) is 10.5. The first-order valence-corrected chi connectivity index (χ1v) is 6.80. The molecule has 1 heterocycles. The molecule has 0 fully saturated rings. The number of aliphatic hydroxyl groups is 1. The third-order valence-electron chi connectivity index (χ3n) is 3.06. The van der Waals surface area contributed by atoms with Crippen LogP contribution in [0.1, 0.15) is 18.9 Å². The lowest BCUT2D eigenvalue weighted by atomic mass is 10.1. The summed E-state index contributed by atoms with van der Waals surface area (Å²) in [6.07, 6.45) is 2.14. The molecule has 0 amide bonds. The van der Waals surface area contributed by atoms with Crippen LogP contribution < -0.4 is 5.32 Å². The molecule has 0 aliphatic carbocycles. The molecule has 2 N–H and O–H groups in total. The Balaban J connectivity index is 1.83. The van der Waals surface area contributed by atoms with Crippen molar-refractivity contribution in [2.75, 3.05) is 13.2 Å². The number of benzene rings is 1. The molecule has 16 heavy (non-hydrogen) atoms. The van der Waals surface area contributed by atoms with Crippen LogP contribution in [-0.2, 0) is 6.42 Å². The summed E-state index contributed by atoms with van der Waals surface area (Å²) in [4.78, 5) is 1.42. The molecule has 0 aromatic heterocycles. The van der Waals surface area contributed by atoms with Gasteiger partial charge in [-0.05, 0) is 24.5 Å². The largest absolute Gasteiger partial charge is 0.395 e. The molecular formula is C13H19NOS. The molecule has 1 aliphatic heterocycles. The van der Waals surface area contributed by atoms with E-state index in [0.29, 0.717) is 5.25 Å². The topological polar surface area (TPSA) is 32.3 Å². The van der Waals surface area contributed by atoms with Crippen molar-refractivity contribution in [3.8, 4) is 0 Å². The number of thioether (sulfide) groups is 1. The van der Waals surface area contributed by atoms with Crippen LogP contribution in [0.3, 0.4) is 0 Å². The highest BCUT2D eigenvalue weighted by Gasteiger charge is 2.21. The third kappa shape index (κ3) is 2.78. The van der Waals surface area contributed by atoms with Gasteiger partial charge in [0.1, 0.15) is 0 Å². The second-order valence-electron chi connectivity index (χ2n) is 4.25. The normalized spacial score (nSPS) is 20.8. The maximum Gasteiger partial charge on any atom is 0.0584 e. The van der Waals surface area contributed by atoms with Crippen LogP contribution in [0.2, 0.25) is 0 Å². The minimum Gasteiger partial charge on any atom is -0.395 e. The summed E-state index contributed by atoms with van der Waals surface area (Å²) in [6, 6.07) is 8.88. The van der Waals surface area contributed by atoms with Crippen LogP contribution in [0.25, 0.3) is 0 Å². The highest BCUT2D eigenvalue weighted by Crippen LogP contribution is 2.36. The molecule has 0 radical (unpaired) electrons. The van der Waals surface area contributed by atoms with Gasteiger partial charge in [0.15, 0.2) is 0 Å². The molecule has 1 aromatic carbocycles. The van der Waals surface area contributed by atoms with Crippen LogP contribution in [0.5, 0.6) is 0 Å². The predicted octanol–water partition coefficient (Wildman–Crippen LogP) is 2.06. The number of fused-ring (bicyclic) bond motifs is 1. The second kappa shape index (κ2) is 5.71. The molecule has 2 rings (SSSR count). The van der Waals surface area contributed by atoms with E-state index < -0.39 is 0 Å². The van der Waals surface area contributed by atoms with E-state index >= 15 is 0 Å². The van der Waals surface area contributed by atoms with E-state index in [0.717, 1.165) is 19.4 Å². The highest BCUT2D eigenvalue weighted by atomic mass is 32.2. The Labute approximate surface area is 101 Å². The summed E-state index contributed by atoms with van der Waals surface area (Å²) >= 11 is 1.95. The van der Waals surface area contributed by atoms with E-state index in [9.17, 15) is 0 Å². The molecule has 0 bridgehead atoms. The van der Waals surface area contributed by atoms with E-state index in [1.165, 1.54) is 10.5 Å². The van der Waals surface area contributed by atoms with Gasteiger partial charge in [0, 0.05) is 22.7 Å². The molecule has 0 saturated carbocycles. The van der Waals surface area contributed by atoms with E-state index in [-0.39, 0.29) is 12.6 Å². The fourth-order valence-electron chi connectivity index (χ4n) is 2.00. The van der Waals surface area contributed by atoms with Crippen LogP contribution in [0.15, 0.2) is 29.2 Å². The molecule has 1 aliphatic rings. The van der Waals surface area contributed by atoms with Gasteiger partial charge in [-0.3, -0.25) is 0 Å². The first kappa shape index (κ1) is 12.0. The third-order valence-corrected chi connectivity index (χ3v) is 4.38. The van der Waals surface area contributed by atoms with Crippen molar-refractivity contribution in [3.63, 3.8) is 0 Å². The van der Waals surface area contributed by atoms with E-state index in [2.05, 4.69) is 36.5 Å². The highest BCUT2D eigenvalue weighted by molar-refractivity contribution is 8.00. The van der Waals surface area contributed by atoms with E-state index in [1.54, 1.807) is 0 Å². The zero-order valence-electron chi connectivity index (χ0n) is 9.65. The van der Waals surface area contributed by atoms with Crippen molar-refractivity contribution >= 4 is 11.8 Å². The summed E-state index contributed by atoms with van der Waals surface area (Å²) in [6.45, 7) is 3.32. The lowest BCUT2D eigenvalue weighted by molar-refractivity contribution is 0.239. The van der Waals surface area contributed by atoms with E-state index in [1.807, 2.05) is 11.8 Å². The van der Waals surface area contributed by atoms with Gasteiger partial charge in [-0.25, -0.2) is 0 Å². The van der Waals surface area contributed by atoms with Crippen molar-refractivity contribution in [1.82, 2.24) is 5.32 Å². The lowest BCUT2D eigenvalue weighted by Crippen LogP contribution is -2.36. The van der Waals surface area contributed by atoms with Gasteiger partial charge in [0.25, 0.3) is 0 Å². The fourth-order valence-corrected chi connectivity index (χ4v) is 3.27. The molecule has 2 unspecified atom stereocenters. The van der Waals surface area contributed by atoms with Crippen molar-refractivity contribution in [1.29, 1.82) is 0 Å². The van der Waals surface area contributed by atoms with Crippen molar-refractivity contribution in [3.05, 3.63) is 29.8 Å².